The molecule has 3 heterocycles. The van der Waals surface area contributed by atoms with Gasteiger partial charge in [-0.3, -0.25) is 4.98 Å². The Bertz CT molecular complexity index is 497. The zero-order chi connectivity index (χ0) is 11.0. The number of nitrogens with zero attached hydrogens (tertiary/aromatic N) is 3. The number of aryl methyl sites for hydroxylation is 1. The lowest BCUT2D eigenvalue weighted by molar-refractivity contribution is 0.457. The molecule has 0 aromatic carbocycles. The van der Waals surface area contributed by atoms with Crippen molar-refractivity contribution in [3.8, 4) is 0 Å². The largest absolute Gasteiger partial charge is 0.316 e. The van der Waals surface area contributed by atoms with Gasteiger partial charge < -0.3 is 9.72 Å². The van der Waals surface area contributed by atoms with Crippen molar-refractivity contribution in [1.82, 2.24) is 19.7 Å². The molecule has 84 valence electrons. The molecule has 0 radical (unpaired) electrons. The fraction of sp³-hybridized carbons (Fsp3) is 0.500. The molecule has 16 heavy (non-hydrogen) atoms. The molecule has 2 aromatic heterocycles. The van der Waals surface area contributed by atoms with Crippen molar-refractivity contribution < 1.29 is 0 Å². The van der Waals surface area contributed by atoms with E-state index in [1.165, 1.54) is 18.5 Å². The summed E-state index contributed by atoms with van der Waals surface area (Å²) < 4.78 is 2.12. The summed E-state index contributed by atoms with van der Waals surface area (Å²) in [5.74, 6) is 1.60. The summed E-state index contributed by atoms with van der Waals surface area (Å²) in [6.07, 6.45) is 8.18. The zero-order valence-corrected chi connectivity index (χ0v) is 9.48. The van der Waals surface area contributed by atoms with Gasteiger partial charge in [-0.05, 0) is 26.3 Å². The Balaban J connectivity index is 2.08. The molecule has 0 aliphatic carbocycles. The molecule has 0 amide bonds. The first-order valence-electron chi connectivity index (χ1n) is 5.85. The maximum absolute atomic E-state index is 4.70. The van der Waals surface area contributed by atoms with Crippen molar-refractivity contribution in [2.45, 2.75) is 25.7 Å². The highest BCUT2D eigenvalue weighted by atomic mass is 15.0. The molecule has 0 spiro atoms. The molecule has 1 aliphatic rings. The Hall–Kier alpha value is -1.42. The van der Waals surface area contributed by atoms with E-state index in [1.807, 2.05) is 25.5 Å². The highest BCUT2D eigenvalue weighted by Gasteiger charge is 2.20. The molecule has 1 atom stereocenters. The van der Waals surface area contributed by atoms with E-state index in [1.54, 1.807) is 0 Å². The maximum atomic E-state index is 4.70. The Morgan fingerprint density at radius 1 is 1.50 bits per heavy atom. The van der Waals surface area contributed by atoms with E-state index in [2.05, 4.69) is 14.7 Å². The van der Waals surface area contributed by atoms with Crippen LogP contribution < -0.4 is 5.32 Å². The minimum absolute atomic E-state index is 0.543. The van der Waals surface area contributed by atoms with Gasteiger partial charge in [-0.2, -0.15) is 0 Å². The Kier molecular flexibility index (Phi) is 2.36. The lowest BCUT2D eigenvalue weighted by Crippen LogP contribution is -2.28. The van der Waals surface area contributed by atoms with Crippen molar-refractivity contribution in [3.63, 3.8) is 0 Å². The molecule has 1 unspecified atom stereocenters. The van der Waals surface area contributed by atoms with Gasteiger partial charge in [-0.15, -0.1) is 0 Å². The van der Waals surface area contributed by atoms with E-state index in [0.717, 1.165) is 24.4 Å². The molecule has 2 aromatic rings. The predicted molar refractivity (Wildman–Crippen MR) is 62.6 cm³/mol. The first-order chi connectivity index (χ1) is 7.86. The Labute approximate surface area is 94.7 Å². The van der Waals surface area contributed by atoms with E-state index >= 15 is 0 Å². The second-order valence-corrected chi connectivity index (χ2v) is 4.42. The van der Waals surface area contributed by atoms with Gasteiger partial charge in [0, 0.05) is 24.9 Å². The van der Waals surface area contributed by atoms with Crippen molar-refractivity contribution in [2.24, 2.45) is 0 Å². The van der Waals surface area contributed by atoms with E-state index in [9.17, 15) is 0 Å². The fourth-order valence-electron chi connectivity index (χ4n) is 2.50. The van der Waals surface area contributed by atoms with Crippen LogP contribution in [0.2, 0.25) is 0 Å². The summed E-state index contributed by atoms with van der Waals surface area (Å²) in [7, 11) is 0. The molecule has 1 saturated heterocycles. The molecule has 4 nitrogen and oxygen atoms in total. The highest BCUT2D eigenvalue weighted by Crippen LogP contribution is 2.26. The molecule has 1 aliphatic heterocycles. The van der Waals surface area contributed by atoms with Crippen LogP contribution in [0.5, 0.6) is 0 Å². The summed E-state index contributed by atoms with van der Waals surface area (Å²) in [6, 6.07) is 0. The molecule has 3 rings (SSSR count). The number of aromatic nitrogens is 3. The SMILES string of the molecule is Cc1nc(C2CCCNC2)c2cnccn12. The van der Waals surface area contributed by atoms with E-state index in [4.69, 9.17) is 4.98 Å². The summed E-state index contributed by atoms with van der Waals surface area (Å²) in [6.45, 7) is 4.23. The van der Waals surface area contributed by atoms with Gasteiger partial charge in [0.1, 0.15) is 5.82 Å². The molecular weight excluding hydrogens is 200 g/mol. The van der Waals surface area contributed by atoms with Gasteiger partial charge >= 0.3 is 0 Å². The van der Waals surface area contributed by atoms with Crippen LogP contribution >= 0.6 is 0 Å². The molecule has 1 fully saturated rings. The molecule has 1 N–H and O–H groups in total. The average molecular weight is 216 g/mol. The Morgan fingerprint density at radius 2 is 2.44 bits per heavy atom. The standard InChI is InChI=1S/C12H16N4/c1-9-15-12(10-3-2-4-13-7-10)11-8-14-5-6-16(9)11/h5-6,8,10,13H,2-4,7H2,1H3. The number of hydrogen-bond acceptors (Lipinski definition) is 3. The summed E-state index contributed by atoms with van der Waals surface area (Å²) >= 11 is 0. The lowest BCUT2D eigenvalue weighted by atomic mass is 9.96. The Morgan fingerprint density at radius 3 is 3.25 bits per heavy atom. The third kappa shape index (κ3) is 1.50. The lowest BCUT2D eigenvalue weighted by Gasteiger charge is -2.21. The van der Waals surface area contributed by atoms with Crippen molar-refractivity contribution in [2.75, 3.05) is 13.1 Å². The summed E-state index contributed by atoms with van der Waals surface area (Å²) in [5, 5.41) is 3.44. The number of nitrogens with one attached hydrogen (secondary N) is 1. The first-order valence-corrected chi connectivity index (χ1v) is 5.85. The minimum atomic E-state index is 0.543. The van der Waals surface area contributed by atoms with Gasteiger partial charge in [-0.25, -0.2) is 4.98 Å². The van der Waals surface area contributed by atoms with Crippen LogP contribution in [0.25, 0.3) is 5.52 Å². The van der Waals surface area contributed by atoms with E-state index < -0.39 is 0 Å². The fourth-order valence-corrected chi connectivity index (χ4v) is 2.50. The predicted octanol–water partition coefficient (Wildman–Crippen LogP) is 1.50. The number of imidazole rings is 1. The average Bonchev–Trinajstić information content (AvgIpc) is 2.69. The molecule has 0 bridgehead atoms. The number of piperidine rings is 1. The van der Waals surface area contributed by atoms with E-state index in [0.29, 0.717) is 5.92 Å². The van der Waals surface area contributed by atoms with Crippen molar-refractivity contribution in [3.05, 3.63) is 30.1 Å². The van der Waals surface area contributed by atoms with Gasteiger partial charge in [0.25, 0.3) is 0 Å². The summed E-state index contributed by atoms with van der Waals surface area (Å²) in [5.41, 5.74) is 2.37. The normalized spacial score (nSPS) is 21.4. The van der Waals surface area contributed by atoms with Gasteiger partial charge in [0.15, 0.2) is 0 Å². The van der Waals surface area contributed by atoms with Crippen LogP contribution in [0.15, 0.2) is 18.6 Å². The maximum Gasteiger partial charge on any atom is 0.110 e. The van der Waals surface area contributed by atoms with Crippen LogP contribution in [-0.4, -0.2) is 27.5 Å². The van der Waals surface area contributed by atoms with Crippen molar-refractivity contribution >= 4 is 5.52 Å². The van der Waals surface area contributed by atoms with E-state index in [-0.39, 0.29) is 0 Å². The van der Waals surface area contributed by atoms with Crippen molar-refractivity contribution in [1.29, 1.82) is 0 Å². The summed E-state index contributed by atoms with van der Waals surface area (Å²) in [4.78, 5) is 8.90. The smallest absolute Gasteiger partial charge is 0.110 e. The topological polar surface area (TPSA) is 42.2 Å². The third-order valence-electron chi connectivity index (χ3n) is 3.34. The molecular formula is C12H16N4. The second kappa shape index (κ2) is 3.87. The van der Waals surface area contributed by atoms with Gasteiger partial charge in [0.2, 0.25) is 0 Å². The monoisotopic (exact) mass is 216 g/mol. The van der Waals surface area contributed by atoms with Crippen LogP contribution in [-0.2, 0) is 0 Å². The van der Waals surface area contributed by atoms with Crippen LogP contribution in [0.1, 0.15) is 30.3 Å². The number of hydrogen-bond donors (Lipinski definition) is 1. The second-order valence-electron chi connectivity index (χ2n) is 4.42. The van der Waals surface area contributed by atoms with Crippen LogP contribution in [0.4, 0.5) is 0 Å². The van der Waals surface area contributed by atoms with Crippen LogP contribution in [0.3, 0.4) is 0 Å². The zero-order valence-electron chi connectivity index (χ0n) is 9.48. The quantitative estimate of drug-likeness (QED) is 0.785. The third-order valence-corrected chi connectivity index (χ3v) is 3.34. The van der Waals surface area contributed by atoms with Gasteiger partial charge in [-0.1, -0.05) is 0 Å². The van der Waals surface area contributed by atoms with Crippen LogP contribution in [0, 0.1) is 6.92 Å². The molecule has 4 heteroatoms. The first kappa shape index (κ1) is 9.78. The number of rotatable bonds is 1. The molecule has 0 saturated carbocycles. The van der Waals surface area contributed by atoms with Gasteiger partial charge in [0.05, 0.1) is 17.4 Å². The number of fused-ring (bicyclic) bond motifs is 1. The highest BCUT2D eigenvalue weighted by molar-refractivity contribution is 5.53. The minimum Gasteiger partial charge on any atom is -0.316 e.